The Balaban J connectivity index is 1.72. The first-order chi connectivity index (χ1) is 10.2. The molecule has 1 N–H and O–H groups in total. The first-order valence-corrected chi connectivity index (χ1v) is 7.74. The van der Waals surface area contributed by atoms with Crippen LogP contribution in [0.4, 0.5) is 4.39 Å². The Morgan fingerprint density at radius 3 is 2.71 bits per heavy atom. The van der Waals surface area contributed by atoms with Crippen LogP contribution in [0.2, 0.25) is 0 Å². The van der Waals surface area contributed by atoms with Crippen molar-refractivity contribution in [2.75, 3.05) is 6.54 Å². The number of hydrogen-bond donors (Lipinski definition) is 1. The minimum Gasteiger partial charge on any atom is -0.313 e. The van der Waals surface area contributed by atoms with E-state index in [2.05, 4.69) is 23.5 Å². The van der Waals surface area contributed by atoms with Crippen LogP contribution in [0.1, 0.15) is 36.8 Å². The molecule has 3 nitrogen and oxygen atoms in total. The molecule has 1 atom stereocenters. The monoisotopic (exact) mass is 287 g/mol. The number of benzene rings is 1. The summed E-state index contributed by atoms with van der Waals surface area (Å²) in [6.45, 7) is 3.91. The molecule has 0 spiro atoms. The van der Waals surface area contributed by atoms with Gasteiger partial charge in [-0.25, -0.2) is 4.39 Å². The number of aryl methyl sites for hydroxylation is 1. The van der Waals surface area contributed by atoms with Gasteiger partial charge in [-0.15, -0.1) is 0 Å². The van der Waals surface area contributed by atoms with Gasteiger partial charge in [0.05, 0.1) is 6.20 Å². The molecule has 1 aliphatic rings. The summed E-state index contributed by atoms with van der Waals surface area (Å²) in [4.78, 5) is 0. The van der Waals surface area contributed by atoms with Crippen LogP contribution in [0.5, 0.6) is 0 Å². The Morgan fingerprint density at radius 1 is 1.33 bits per heavy atom. The molecule has 21 heavy (non-hydrogen) atoms. The van der Waals surface area contributed by atoms with E-state index >= 15 is 0 Å². The van der Waals surface area contributed by atoms with Crippen molar-refractivity contribution < 1.29 is 4.39 Å². The lowest BCUT2D eigenvalue weighted by molar-refractivity contribution is 0.573. The average molecular weight is 287 g/mol. The maximum atomic E-state index is 13.1. The lowest BCUT2D eigenvalue weighted by Crippen LogP contribution is -2.24. The molecule has 4 heteroatoms. The number of halogens is 1. The zero-order chi connectivity index (χ0) is 14.7. The largest absolute Gasteiger partial charge is 0.313 e. The van der Waals surface area contributed by atoms with Gasteiger partial charge in [-0.05, 0) is 49.4 Å². The normalized spacial score (nSPS) is 16.1. The molecule has 0 aliphatic heterocycles. The van der Waals surface area contributed by atoms with E-state index in [1.807, 2.05) is 23.0 Å². The van der Waals surface area contributed by atoms with Crippen LogP contribution < -0.4 is 5.32 Å². The summed E-state index contributed by atoms with van der Waals surface area (Å²) in [5, 5.41) is 7.93. The highest BCUT2D eigenvalue weighted by atomic mass is 19.1. The van der Waals surface area contributed by atoms with E-state index in [-0.39, 0.29) is 5.82 Å². The minimum absolute atomic E-state index is 0.175. The molecule has 112 valence electrons. The molecule has 1 aromatic carbocycles. The third kappa shape index (κ3) is 3.91. The molecule has 0 bridgehead atoms. The molecule has 1 aromatic heterocycles. The standard InChI is InChI=1S/C17H22FN3/c1-2-21-12-13(10-20-21)9-15(11-19-17-7-8-17)14-3-5-16(18)6-4-14/h3-6,10,12,15,17,19H,2,7-9,11H2,1H3. The fourth-order valence-corrected chi connectivity index (χ4v) is 2.61. The van der Waals surface area contributed by atoms with Gasteiger partial charge in [-0.2, -0.15) is 5.10 Å². The number of rotatable bonds is 7. The van der Waals surface area contributed by atoms with Crippen molar-refractivity contribution in [3.8, 4) is 0 Å². The van der Waals surface area contributed by atoms with Crippen LogP contribution >= 0.6 is 0 Å². The summed E-state index contributed by atoms with van der Waals surface area (Å²) in [5.41, 5.74) is 2.43. The molecule has 1 saturated carbocycles. The van der Waals surface area contributed by atoms with Crippen LogP contribution in [-0.2, 0) is 13.0 Å². The summed E-state index contributed by atoms with van der Waals surface area (Å²) in [6.07, 6.45) is 7.55. The lowest BCUT2D eigenvalue weighted by atomic mass is 9.93. The molecule has 1 fully saturated rings. The maximum Gasteiger partial charge on any atom is 0.123 e. The molecule has 2 aromatic rings. The second-order valence-electron chi connectivity index (χ2n) is 5.84. The predicted octanol–water partition coefficient (Wildman–Crippen LogP) is 3.12. The van der Waals surface area contributed by atoms with Crippen molar-refractivity contribution in [1.29, 1.82) is 0 Å². The van der Waals surface area contributed by atoms with Gasteiger partial charge in [0.1, 0.15) is 5.82 Å². The molecule has 1 aliphatic carbocycles. The van der Waals surface area contributed by atoms with E-state index in [1.54, 1.807) is 12.1 Å². The van der Waals surface area contributed by atoms with Crippen LogP contribution in [0.25, 0.3) is 0 Å². The fraction of sp³-hybridized carbons (Fsp3) is 0.471. The number of nitrogens with one attached hydrogen (secondary N) is 1. The Morgan fingerprint density at radius 2 is 2.10 bits per heavy atom. The first kappa shape index (κ1) is 14.3. The van der Waals surface area contributed by atoms with Gasteiger partial charge in [-0.1, -0.05) is 12.1 Å². The van der Waals surface area contributed by atoms with Gasteiger partial charge in [-0.3, -0.25) is 4.68 Å². The molecular weight excluding hydrogens is 265 g/mol. The van der Waals surface area contributed by atoms with Crippen LogP contribution in [0, 0.1) is 5.82 Å². The summed E-state index contributed by atoms with van der Waals surface area (Å²) in [7, 11) is 0. The highest BCUT2D eigenvalue weighted by Crippen LogP contribution is 2.24. The van der Waals surface area contributed by atoms with Crippen molar-refractivity contribution in [2.24, 2.45) is 0 Å². The SMILES string of the molecule is CCn1cc(CC(CNC2CC2)c2ccc(F)cc2)cn1. The molecule has 0 amide bonds. The fourth-order valence-electron chi connectivity index (χ4n) is 2.61. The van der Waals surface area contributed by atoms with Crippen molar-refractivity contribution in [2.45, 2.75) is 44.7 Å². The van der Waals surface area contributed by atoms with Gasteiger partial charge in [0, 0.05) is 31.2 Å². The minimum atomic E-state index is -0.175. The van der Waals surface area contributed by atoms with Gasteiger partial charge in [0.25, 0.3) is 0 Å². The van der Waals surface area contributed by atoms with Crippen LogP contribution in [-0.4, -0.2) is 22.4 Å². The average Bonchev–Trinajstić information content (AvgIpc) is 3.22. The van der Waals surface area contributed by atoms with Gasteiger partial charge in [0.2, 0.25) is 0 Å². The van der Waals surface area contributed by atoms with Crippen molar-refractivity contribution in [1.82, 2.24) is 15.1 Å². The first-order valence-electron chi connectivity index (χ1n) is 7.74. The third-order valence-corrected chi connectivity index (χ3v) is 4.06. The zero-order valence-electron chi connectivity index (χ0n) is 12.4. The second kappa shape index (κ2) is 6.39. The number of nitrogens with zero attached hydrogens (tertiary/aromatic N) is 2. The maximum absolute atomic E-state index is 13.1. The summed E-state index contributed by atoms with van der Waals surface area (Å²) < 4.78 is 15.1. The van der Waals surface area contributed by atoms with Gasteiger partial charge >= 0.3 is 0 Å². The van der Waals surface area contributed by atoms with E-state index in [9.17, 15) is 4.39 Å². The van der Waals surface area contributed by atoms with E-state index in [1.165, 1.54) is 24.0 Å². The van der Waals surface area contributed by atoms with Crippen LogP contribution in [0.15, 0.2) is 36.7 Å². The summed E-state index contributed by atoms with van der Waals surface area (Å²) >= 11 is 0. The van der Waals surface area contributed by atoms with E-state index in [0.29, 0.717) is 12.0 Å². The highest BCUT2D eigenvalue weighted by molar-refractivity contribution is 5.23. The van der Waals surface area contributed by atoms with E-state index in [0.717, 1.165) is 19.5 Å². The Labute approximate surface area is 125 Å². The summed E-state index contributed by atoms with van der Waals surface area (Å²) in [5.74, 6) is 0.187. The second-order valence-corrected chi connectivity index (χ2v) is 5.84. The molecule has 1 heterocycles. The molecule has 1 unspecified atom stereocenters. The Kier molecular flexibility index (Phi) is 4.34. The lowest BCUT2D eigenvalue weighted by Gasteiger charge is -2.17. The topological polar surface area (TPSA) is 29.9 Å². The third-order valence-electron chi connectivity index (χ3n) is 4.06. The van der Waals surface area contributed by atoms with Gasteiger partial charge in [0.15, 0.2) is 0 Å². The highest BCUT2D eigenvalue weighted by Gasteiger charge is 2.23. The smallest absolute Gasteiger partial charge is 0.123 e. The zero-order valence-corrected chi connectivity index (χ0v) is 12.4. The quantitative estimate of drug-likeness (QED) is 0.848. The number of aromatic nitrogens is 2. The Bertz CT molecular complexity index is 572. The van der Waals surface area contributed by atoms with E-state index in [4.69, 9.17) is 0 Å². The van der Waals surface area contributed by atoms with Gasteiger partial charge < -0.3 is 5.32 Å². The molecule has 3 rings (SSSR count). The van der Waals surface area contributed by atoms with Crippen LogP contribution in [0.3, 0.4) is 0 Å². The number of hydrogen-bond acceptors (Lipinski definition) is 2. The van der Waals surface area contributed by atoms with E-state index < -0.39 is 0 Å². The van der Waals surface area contributed by atoms with Crippen molar-refractivity contribution >= 4 is 0 Å². The summed E-state index contributed by atoms with van der Waals surface area (Å²) in [6, 6.07) is 7.59. The molecule has 0 radical (unpaired) electrons. The predicted molar refractivity (Wildman–Crippen MR) is 81.8 cm³/mol. The molecular formula is C17H22FN3. The van der Waals surface area contributed by atoms with Crippen molar-refractivity contribution in [3.63, 3.8) is 0 Å². The molecule has 0 saturated heterocycles. The van der Waals surface area contributed by atoms with Crippen molar-refractivity contribution in [3.05, 3.63) is 53.6 Å². The Hall–Kier alpha value is -1.68.